The van der Waals surface area contributed by atoms with Crippen LogP contribution in [0.4, 0.5) is 22.0 Å². The van der Waals surface area contributed by atoms with Gasteiger partial charge in [0.15, 0.2) is 0 Å². The number of rotatable bonds is 6. The van der Waals surface area contributed by atoms with E-state index in [0.29, 0.717) is 30.2 Å². The number of pyridine rings is 1. The second kappa shape index (κ2) is 10.1. The number of alkyl halides is 3. The van der Waals surface area contributed by atoms with Gasteiger partial charge in [-0.25, -0.2) is 13.5 Å². The van der Waals surface area contributed by atoms with E-state index in [1.165, 1.54) is 29.2 Å². The van der Waals surface area contributed by atoms with E-state index in [9.17, 15) is 32.0 Å². The molecule has 0 bridgehead atoms. The third-order valence-electron chi connectivity index (χ3n) is 5.42. The van der Waals surface area contributed by atoms with Crippen LogP contribution in [0.2, 0.25) is 5.02 Å². The summed E-state index contributed by atoms with van der Waals surface area (Å²) < 4.78 is 76.5. The van der Waals surface area contributed by atoms with Crippen LogP contribution in [0, 0.1) is 23.0 Å². The van der Waals surface area contributed by atoms with E-state index >= 15 is 0 Å². The molecule has 0 aliphatic rings. The molecule has 0 unspecified atom stereocenters. The van der Waals surface area contributed by atoms with Crippen LogP contribution in [0.25, 0.3) is 16.9 Å². The van der Waals surface area contributed by atoms with Crippen LogP contribution in [0.5, 0.6) is 5.75 Å². The molecule has 0 aliphatic heterocycles. The molecule has 37 heavy (non-hydrogen) atoms. The van der Waals surface area contributed by atoms with Gasteiger partial charge in [-0.1, -0.05) is 17.7 Å². The zero-order chi connectivity index (χ0) is 26.9. The van der Waals surface area contributed by atoms with Gasteiger partial charge in [-0.2, -0.15) is 23.5 Å². The van der Waals surface area contributed by atoms with Crippen molar-refractivity contribution in [2.24, 2.45) is 0 Å². The Hall–Kier alpha value is -4.17. The number of benzene rings is 2. The van der Waals surface area contributed by atoms with E-state index in [2.05, 4.69) is 5.10 Å². The lowest BCUT2D eigenvalue weighted by atomic mass is 10.1. The predicted molar refractivity (Wildman–Crippen MR) is 125 cm³/mol. The van der Waals surface area contributed by atoms with Gasteiger partial charge in [0.25, 0.3) is 5.56 Å². The first-order valence-corrected chi connectivity index (χ1v) is 11.1. The van der Waals surface area contributed by atoms with Crippen molar-refractivity contribution >= 4 is 11.6 Å². The Morgan fingerprint density at radius 1 is 1.14 bits per heavy atom. The highest BCUT2D eigenvalue weighted by Gasteiger charge is 2.36. The standard InChI is InChI=1S/C25H16ClF5N4O2/c1-2-37-23-6-5-17(8-20(23)26)35-13-15(11-33-35)22-9-19(25(29,30)31)18(10-32)24(36)34(22)12-14-3-4-16(27)7-21(14)28/h3-9,11,13H,2,12H2,1H3. The third kappa shape index (κ3) is 5.20. The first-order chi connectivity index (χ1) is 17.5. The SMILES string of the molecule is CCOc1ccc(-n2cc(-c3cc(C(F)(F)F)c(C#N)c(=O)n3Cc3ccc(F)cc3F)cn2)cc1Cl. The first-order valence-electron chi connectivity index (χ1n) is 10.7. The molecule has 4 aromatic rings. The lowest BCUT2D eigenvalue weighted by molar-refractivity contribution is -0.137. The molecular weight excluding hydrogens is 519 g/mol. The average Bonchev–Trinajstić information content (AvgIpc) is 3.32. The summed E-state index contributed by atoms with van der Waals surface area (Å²) in [5, 5.41) is 13.7. The summed E-state index contributed by atoms with van der Waals surface area (Å²) in [6, 6.07) is 9.28. The van der Waals surface area contributed by atoms with E-state index in [1.807, 2.05) is 0 Å². The normalized spacial score (nSPS) is 11.4. The number of aromatic nitrogens is 3. The lowest BCUT2D eigenvalue weighted by Gasteiger charge is -2.17. The molecule has 0 radical (unpaired) electrons. The smallest absolute Gasteiger partial charge is 0.417 e. The van der Waals surface area contributed by atoms with E-state index in [-0.39, 0.29) is 21.8 Å². The molecule has 0 aliphatic carbocycles. The van der Waals surface area contributed by atoms with Gasteiger partial charge >= 0.3 is 6.18 Å². The monoisotopic (exact) mass is 534 g/mol. The summed E-state index contributed by atoms with van der Waals surface area (Å²) in [4.78, 5) is 13.1. The maximum atomic E-state index is 14.4. The second-order valence-corrected chi connectivity index (χ2v) is 8.18. The summed E-state index contributed by atoms with van der Waals surface area (Å²) in [5.74, 6) is -1.44. The Balaban J connectivity index is 1.89. The molecule has 0 N–H and O–H groups in total. The number of halogens is 6. The van der Waals surface area contributed by atoms with Crippen LogP contribution in [-0.2, 0) is 12.7 Å². The number of nitriles is 1. The van der Waals surface area contributed by atoms with Crippen molar-refractivity contribution in [3.8, 4) is 28.8 Å². The fourth-order valence-corrected chi connectivity index (χ4v) is 3.92. The number of hydrogen-bond donors (Lipinski definition) is 0. The Morgan fingerprint density at radius 2 is 1.89 bits per heavy atom. The van der Waals surface area contributed by atoms with Gasteiger partial charge in [-0.05, 0) is 37.3 Å². The molecule has 0 saturated carbocycles. The average molecular weight is 535 g/mol. The summed E-state index contributed by atoms with van der Waals surface area (Å²) in [6.45, 7) is 1.61. The summed E-state index contributed by atoms with van der Waals surface area (Å²) in [6.07, 6.45) is -2.45. The van der Waals surface area contributed by atoms with Crippen molar-refractivity contribution in [1.29, 1.82) is 5.26 Å². The quantitative estimate of drug-likeness (QED) is 0.286. The van der Waals surface area contributed by atoms with Gasteiger partial charge in [-0.15, -0.1) is 0 Å². The molecular formula is C25H16ClF5N4O2. The van der Waals surface area contributed by atoms with Crippen molar-refractivity contribution in [3.05, 3.63) is 98.6 Å². The van der Waals surface area contributed by atoms with Crippen molar-refractivity contribution in [3.63, 3.8) is 0 Å². The minimum atomic E-state index is -5.02. The van der Waals surface area contributed by atoms with Crippen LogP contribution >= 0.6 is 11.6 Å². The fraction of sp³-hybridized carbons (Fsp3) is 0.160. The molecule has 2 aromatic heterocycles. The summed E-state index contributed by atoms with van der Waals surface area (Å²) >= 11 is 6.22. The molecule has 190 valence electrons. The Bertz CT molecular complexity index is 1590. The van der Waals surface area contributed by atoms with Crippen molar-refractivity contribution in [2.75, 3.05) is 6.61 Å². The third-order valence-corrected chi connectivity index (χ3v) is 5.71. The number of nitrogens with zero attached hydrogens (tertiary/aromatic N) is 4. The highest BCUT2D eigenvalue weighted by atomic mass is 35.5. The van der Waals surface area contributed by atoms with Gasteiger partial charge < -0.3 is 9.30 Å². The molecule has 0 saturated heterocycles. The summed E-state index contributed by atoms with van der Waals surface area (Å²) in [7, 11) is 0. The predicted octanol–water partition coefficient (Wildman–Crippen LogP) is 5.97. The van der Waals surface area contributed by atoms with Crippen LogP contribution in [-0.4, -0.2) is 21.0 Å². The number of hydrogen-bond acceptors (Lipinski definition) is 4. The maximum Gasteiger partial charge on any atom is 0.417 e. The van der Waals surface area contributed by atoms with Crippen molar-refractivity contribution < 1.29 is 26.7 Å². The Labute approximate surface area is 211 Å². The van der Waals surface area contributed by atoms with Crippen LogP contribution < -0.4 is 10.3 Å². The van der Waals surface area contributed by atoms with Gasteiger partial charge in [0.05, 0.1) is 41.3 Å². The maximum absolute atomic E-state index is 14.4. The van der Waals surface area contributed by atoms with Crippen LogP contribution in [0.1, 0.15) is 23.6 Å². The molecule has 0 fully saturated rings. The highest BCUT2D eigenvalue weighted by Crippen LogP contribution is 2.34. The molecule has 12 heteroatoms. The highest BCUT2D eigenvalue weighted by molar-refractivity contribution is 6.32. The van der Waals surface area contributed by atoms with Crippen LogP contribution in [0.3, 0.4) is 0 Å². The topological polar surface area (TPSA) is 72.8 Å². The first kappa shape index (κ1) is 25.9. The van der Waals surface area contributed by atoms with E-state index < -0.39 is 41.0 Å². The van der Waals surface area contributed by atoms with E-state index in [0.717, 1.165) is 16.7 Å². The van der Waals surface area contributed by atoms with E-state index in [1.54, 1.807) is 19.1 Å². The Morgan fingerprint density at radius 3 is 2.51 bits per heavy atom. The minimum absolute atomic E-state index is 0.0691. The van der Waals surface area contributed by atoms with Gasteiger partial charge in [0.2, 0.25) is 0 Å². The molecule has 2 heterocycles. The van der Waals surface area contributed by atoms with Crippen molar-refractivity contribution in [1.82, 2.24) is 14.3 Å². The van der Waals surface area contributed by atoms with E-state index in [4.69, 9.17) is 16.3 Å². The minimum Gasteiger partial charge on any atom is -0.492 e. The fourth-order valence-electron chi connectivity index (χ4n) is 3.70. The van der Waals surface area contributed by atoms with Gasteiger partial charge in [-0.3, -0.25) is 4.79 Å². The molecule has 0 amide bonds. The molecule has 6 nitrogen and oxygen atoms in total. The second-order valence-electron chi connectivity index (χ2n) is 7.78. The Kier molecular flexibility index (Phi) is 7.05. The molecule has 4 rings (SSSR count). The molecule has 0 spiro atoms. The van der Waals surface area contributed by atoms with Crippen molar-refractivity contribution in [2.45, 2.75) is 19.6 Å². The molecule has 0 atom stereocenters. The zero-order valence-electron chi connectivity index (χ0n) is 19.0. The number of ether oxygens (including phenoxy) is 1. The largest absolute Gasteiger partial charge is 0.492 e. The molecule has 2 aromatic carbocycles. The van der Waals surface area contributed by atoms with Gasteiger partial charge in [0.1, 0.15) is 29.0 Å². The summed E-state index contributed by atoms with van der Waals surface area (Å²) in [5.41, 5.74) is -3.80. The lowest BCUT2D eigenvalue weighted by Crippen LogP contribution is -2.29. The van der Waals surface area contributed by atoms with Crippen LogP contribution in [0.15, 0.2) is 59.7 Å². The zero-order valence-corrected chi connectivity index (χ0v) is 19.7. The van der Waals surface area contributed by atoms with Gasteiger partial charge in [0, 0.05) is 23.4 Å².